The first-order chi connectivity index (χ1) is 9.47. The summed E-state index contributed by atoms with van der Waals surface area (Å²) >= 11 is 17.1. The SMILES string of the molecule is Fc1cc(F)c2[nH]c(=S)n(-c3ccc(Cl)cc3Cl)c2c1. The fourth-order valence-electron chi connectivity index (χ4n) is 2.03. The van der Waals surface area contributed by atoms with Crippen molar-refractivity contribution in [1.82, 2.24) is 9.55 Å². The lowest BCUT2D eigenvalue weighted by atomic mass is 10.2. The molecule has 0 saturated heterocycles. The molecule has 20 heavy (non-hydrogen) atoms. The Kier molecular flexibility index (Phi) is 3.28. The van der Waals surface area contributed by atoms with E-state index in [4.69, 9.17) is 35.4 Å². The molecule has 0 bridgehead atoms. The number of aromatic amines is 1. The maximum atomic E-state index is 13.7. The molecule has 0 fully saturated rings. The lowest BCUT2D eigenvalue weighted by Gasteiger charge is -2.07. The molecule has 2 nitrogen and oxygen atoms in total. The highest BCUT2D eigenvalue weighted by molar-refractivity contribution is 7.71. The van der Waals surface area contributed by atoms with Gasteiger partial charge in [0.25, 0.3) is 0 Å². The van der Waals surface area contributed by atoms with Gasteiger partial charge in [-0.15, -0.1) is 0 Å². The molecule has 0 spiro atoms. The molecular weight excluding hydrogens is 325 g/mol. The minimum absolute atomic E-state index is 0.127. The van der Waals surface area contributed by atoms with Crippen LogP contribution in [0, 0.1) is 16.4 Å². The van der Waals surface area contributed by atoms with Gasteiger partial charge in [-0.25, -0.2) is 8.78 Å². The second-order valence-corrected chi connectivity index (χ2v) is 5.37. The van der Waals surface area contributed by atoms with E-state index >= 15 is 0 Å². The standard InChI is InChI=1S/C13H6Cl2F2N2S/c14-6-1-2-10(8(15)3-6)19-11-5-7(16)4-9(17)12(11)18-13(19)20/h1-5H,(H,18,20). The van der Waals surface area contributed by atoms with Gasteiger partial charge in [-0.05, 0) is 30.4 Å². The second-order valence-electron chi connectivity index (χ2n) is 4.14. The number of benzene rings is 2. The Morgan fingerprint density at radius 3 is 2.55 bits per heavy atom. The van der Waals surface area contributed by atoms with Gasteiger partial charge in [0.1, 0.15) is 11.3 Å². The number of aromatic nitrogens is 2. The van der Waals surface area contributed by atoms with Crippen molar-refractivity contribution in [1.29, 1.82) is 0 Å². The molecule has 102 valence electrons. The zero-order chi connectivity index (χ0) is 14.4. The number of hydrogen-bond acceptors (Lipinski definition) is 1. The number of nitrogens with one attached hydrogen (secondary N) is 1. The average molecular weight is 331 g/mol. The molecular formula is C13H6Cl2F2N2S. The molecule has 3 aromatic rings. The number of fused-ring (bicyclic) bond motifs is 1. The fourth-order valence-corrected chi connectivity index (χ4v) is 2.83. The monoisotopic (exact) mass is 330 g/mol. The zero-order valence-corrected chi connectivity index (χ0v) is 12.1. The van der Waals surface area contributed by atoms with E-state index in [1.54, 1.807) is 12.1 Å². The molecule has 0 aliphatic heterocycles. The predicted molar refractivity (Wildman–Crippen MR) is 78.4 cm³/mol. The maximum absolute atomic E-state index is 13.7. The summed E-state index contributed by atoms with van der Waals surface area (Å²) in [6.45, 7) is 0. The lowest BCUT2D eigenvalue weighted by molar-refractivity contribution is 0.590. The van der Waals surface area contributed by atoms with Crippen molar-refractivity contribution in [2.24, 2.45) is 0 Å². The quantitative estimate of drug-likeness (QED) is 0.602. The third-order valence-corrected chi connectivity index (χ3v) is 3.68. The summed E-state index contributed by atoms with van der Waals surface area (Å²) in [5.41, 5.74) is 0.899. The summed E-state index contributed by atoms with van der Waals surface area (Å²) < 4.78 is 28.8. The summed E-state index contributed by atoms with van der Waals surface area (Å²) in [5, 5.41) is 0.793. The number of imidazole rings is 1. The Labute approximate surface area is 127 Å². The van der Waals surface area contributed by atoms with Crippen LogP contribution in [-0.4, -0.2) is 9.55 Å². The van der Waals surface area contributed by atoms with Crippen molar-refractivity contribution in [3.63, 3.8) is 0 Å². The highest BCUT2D eigenvalue weighted by Crippen LogP contribution is 2.29. The van der Waals surface area contributed by atoms with Gasteiger partial charge in [-0.2, -0.15) is 0 Å². The lowest BCUT2D eigenvalue weighted by Crippen LogP contribution is -1.95. The van der Waals surface area contributed by atoms with Crippen molar-refractivity contribution in [2.75, 3.05) is 0 Å². The molecule has 7 heteroatoms. The number of H-pyrrole nitrogens is 1. The van der Waals surface area contributed by atoms with E-state index in [1.165, 1.54) is 16.7 Å². The van der Waals surface area contributed by atoms with Gasteiger partial charge in [-0.3, -0.25) is 4.57 Å². The minimum Gasteiger partial charge on any atom is -0.328 e. The molecule has 0 atom stereocenters. The maximum Gasteiger partial charge on any atom is 0.182 e. The van der Waals surface area contributed by atoms with E-state index in [-0.39, 0.29) is 15.8 Å². The van der Waals surface area contributed by atoms with E-state index in [9.17, 15) is 8.78 Å². The van der Waals surface area contributed by atoms with Crippen molar-refractivity contribution >= 4 is 46.5 Å². The first-order valence-electron chi connectivity index (χ1n) is 5.52. The van der Waals surface area contributed by atoms with E-state index in [0.717, 1.165) is 6.07 Å². The van der Waals surface area contributed by atoms with Crippen molar-refractivity contribution in [3.05, 3.63) is 56.8 Å². The molecule has 0 aliphatic rings. The van der Waals surface area contributed by atoms with Crippen LogP contribution in [-0.2, 0) is 0 Å². The molecule has 0 aliphatic carbocycles. The molecule has 2 aromatic carbocycles. The largest absolute Gasteiger partial charge is 0.328 e. The molecule has 0 radical (unpaired) electrons. The first kappa shape index (κ1) is 13.5. The Bertz CT molecular complexity index is 886. The van der Waals surface area contributed by atoms with Crippen LogP contribution in [0.1, 0.15) is 0 Å². The van der Waals surface area contributed by atoms with Crippen LogP contribution in [0.2, 0.25) is 10.0 Å². The zero-order valence-electron chi connectivity index (χ0n) is 9.75. The molecule has 0 saturated carbocycles. The van der Waals surface area contributed by atoms with E-state index < -0.39 is 11.6 Å². The van der Waals surface area contributed by atoms with Gasteiger partial charge in [0, 0.05) is 17.2 Å². The second kappa shape index (κ2) is 4.84. The first-order valence-corrected chi connectivity index (χ1v) is 6.69. The predicted octanol–water partition coefficient (Wildman–Crippen LogP) is 5.27. The highest BCUT2D eigenvalue weighted by atomic mass is 35.5. The van der Waals surface area contributed by atoms with Crippen LogP contribution in [0.4, 0.5) is 8.78 Å². The molecule has 3 rings (SSSR count). The van der Waals surface area contributed by atoms with Gasteiger partial charge in [0.2, 0.25) is 0 Å². The normalized spacial score (nSPS) is 11.2. The summed E-state index contributed by atoms with van der Waals surface area (Å²) in [5.74, 6) is -1.40. The molecule has 1 N–H and O–H groups in total. The smallest absolute Gasteiger partial charge is 0.182 e. The Hall–Kier alpha value is -1.43. The third kappa shape index (κ3) is 2.12. The molecule has 1 aromatic heterocycles. The number of halogens is 4. The fraction of sp³-hybridized carbons (Fsp3) is 0. The van der Waals surface area contributed by atoms with Crippen LogP contribution in [0.5, 0.6) is 0 Å². The van der Waals surface area contributed by atoms with Crippen molar-refractivity contribution in [2.45, 2.75) is 0 Å². The third-order valence-electron chi connectivity index (χ3n) is 2.86. The van der Waals surface area contributed by atoms with Crippen LogP contribution >= 0.6 is 35.4 Å². The van der Waals surface area contributed by atoms with Gasteiger partial charge in [0.05, 0.1) is 16.2 Å². The topological polar surface area (TPSA) is 20.7 Å². The van der Waals surface area contributed by atoms with Gasteiger partial charge in [0.15, 0.2) is 10.6 Å². The highest BCUT2D eigenvalue weighted by Gasteiger charge is 2.14. The van der Waals surface area contributed by atoms with Crippen LogP contribution in [0.3, 0.4) is 0 Å². The van der Waals surface area contributed by atoms with E-state index in [1.807, 2.05) is 0 Å². The molecule has 0 unspecified atom stereocenters. The summed E-state index contributed by atoms with van der Waals surface area (Å²) in [7, 11) is 0. The molecule has 0 amide bonds. The van der Waals surface area contributed by atoms with Crippen LogP contribution < -0.4 is 0 Å². The number of hydrogen-bond donors (Lipinski definition) is 1. The number of rotatable bonds is 1. The van der Waals surface area contributed by atoms with Gasteiger partial charge >= 0.3 is 0 Å². The minimum atomic E-state index is -0.713. The van der Waals surface area contributed by atoms with Crippen LogP contribution in [0.25, 0.3) is 16.7 Å². The summed E-state index contributed by atoms with van der Waals surface area (Å²) in [6, 6.07) is 6.78. The van der Waals surface area contributed by atoms with Gasteiger partial charge < -0.3 is 4.98 Å². The average Bonchev–Trinajstić information content (AvgIpc) is 2.67. The van der Waals surface area contributed by atoms with Crippen molar-refractivity contribution in [3.8, 4) is 5.69 Å². The summed E-state index contributed by atoms with van der Waals surface area (Å²) in [6.07, 6.45) is 0. The number of nitrogens with zero attached hydrogens (tertiary/aromatic N) is 1. The molecule has 1 heterocycles. The Morgan fingerprint density at radius 1 is 1.10 bits per heavy atom. The summed E-state index contributed by atoms with van der Waals surface area (Å²) in [4.78, 5) is 2.71. The van der Waals surface area contributed by atoms with E-state index in [0.29, 0.717) is 15.7 Å². The van der Waals surface area contributed by atoms with E-state index in [2.05, 4.69) is 4.98 Å². The Morgan fingerprint density at radius 2 is 1.85 bits per heavy atom. The Balaban J connectivity index is 2.42. The van der Waals surface area contributed by atoms with Gasteiger partial charge in [-0.1, -0.05) is 23.2 Å². The van der Waals surface area contributed by atoms with Crippen molar-refractivity contribution < 1.29 is 8.78 Å². The van der Waals surface area contributed by atoms with Crippen LogP contribution in [0.15, 0.2) is 30.3 Å².